The fourth-order valence-electron chi connectivity index (χ4n) is 3.49. The molecule has 0 saturated carbocycles. The Hall–Kier alpha value is -1.96. The van der Waals surface area contributed by atoms with Crippen LogP contribution in [0.3, 0.4) is 0 Å². The van der Waals surface area contributed by atoms with Crippen LogP contribution >= 0.6 is 23.2 Å². The number of carbonyl (C=O) groups is 1. The van der Waals surface area contributed by atoms with Crippen molar-refractivity contribution in [2.24, 2.45) is 0 Å². The topological polar surface area (TPSA) is 72.9 Å². The van der Waals surface area contributed by atoms with E-state index < -0.39 is 15.9 Å². The van der Waals surface area contributed by atoms with Crippen LogP contribution in [0, 0.1) is 0 Å². The summed E-state index contributed by atoms with van der Waals surface area (Å²) in [5.74, 6) is 0.629. The molecule has 0 aliphatic carbocycles. The second-order valence-corrected chi connectivity index (χ2v) is 10.1. The van der Waals surface area contributed by atoms with E-state index in [4.69, 9.17) is 32.7 Å². The quantitative estimate of drug-likeness (QED) is 0.603. The fourth-order valence-corrected chi connectivity index (χ4v) is 5.81. The Labute approximate surface area is 186 Å². The van der Waals surface area contributed by atoms with Gasteiger partial charge in [0.1, 0.15) is 5.75 Å². The third-order valence-electron chi connectivity index (χ3n) is 4.93. The molecular weight excluding hydrogens is 449 g/mol. The van der Waals surface area contributed by atoms with Gasteiger partial charge in [-0.2, -0.15) is 0 Å². The molecule has 1 aliphatic heterocycles. The number of amides is 1. The van der Waals surface area contributed by atoms with Gasteiger partial charge in [-0.1, -0.05) is 35.3 Å². The van der Waals surface area contributed by atoms with E-state index in [0.29, 0.717) is 24.5 Å². The van der Waals surface area contributed by atoms with Gasteiger partial charge in [-0.25, -0.2) is 8.42 Å². The largest absolute Gasteiger partial charge is 0.497 e. The van der Waals surface area contributed by atoms with Crippen LogP contribution in [-0.2, 0) is 16.4 Å². The number of hydrogen-bond donors (Lipinski definition) is 0. The molecule has 0 radical (unpaired) electrons. The van der Waals surface area contributed by atoms with Gasteiger partial charge in [-0.05, 0) is 43.2 Å². The summed E-state index contributed by atoms with van der Waals surface area (Å²) in [6, 6.07) is 9.89. The van der Waals surface area contributed by atoms with Crippen molar-refractivity contribution in [3.8, 4) is 11.5 Å². The number of ether oxygens (including phenoxy) is 2. The van der Waals surface area contributed by atoms with Gasteiger partial charge in [-0.15, -0.1) is 0 Å². The van der Waals surface area contributed by atoms with Crippen molar-refractivity contribution in [3.05, 3.63) is 57.6 Å². The highest BCUT2D eigenvalue weighted by Crippen LogP contribution is 2.35. The molecule has 1 aliphatic rings. The van der Waals surface area contributed by atoms with Crippen molar-refractivity contribution < 1.29 is 22.7 Å². The highest BCUT2D eigenvalue weighted by molar-refractivity contribution is 7.91. The first-order valence-electron chi connectivity index (χ1n) is 9.50. The number of rotatable bonds is 7. The molecule has 162 valence electrons. The maximum Gasteiger partial charge on any atom is 0.254 e. The van der Waals surface area contributed by atoms with Gasteiger partial charge in [0.25, 0.3) is 5.91 Å². The summed E-state index contributed by atoms with van der Waals surface area (Å²) in [7, 11) is -1.62. The number of nitrogens with zero attached hydrogens (tertiary/aromatic N) is 1. The van der Waals surface area contributed by atoms with Crippen molar-refractivity contribution in [1.29, 1.82) is 0 Å². The van der Waals surface area contributed by atoms with Crippen LogP contribution in [0.4, 0.5) is 0 Å². The van der Waals surface area contributed by atoms with Crippen LogP contribution < -0.4 is 9.47 Å². The number of carbonyl (C=O) groups excluding carboxylic acids is 1. The molecule has 2 aromatic carbocycles. The molecular formula is C21H23Cl2NO5S. The summed E-state index contributed by atoms with van der Waals surface area (Å²) < 4.78 is 34.8. The smallest absolute Gasteiger partial charge is 0.254 e. The molecule has 1 fully saturated rings. The molecule has 1 atom stereocenters. The van der Waals surface area contributed by atoms with Crippen molar-refractivity contribution in [3.63, 3.8) is 0 Å². The second kappa shape index (κ2) is 9.45. The summed E-state index contributed by atoms with van der Waals surface area (Å²) in [4.78, 5) is 15.0. The van der Waals surface area contributed by atoms with Gasteiger partial charge in [-0.3, -0.25) is 4.79 Å². The number of methoxy groups -OCH3 is 1. The monoisotopic (exact) mass is 471 g/mol. The van der Waals surface area contributed by atoms with E-state index in [1.807, 2.05) is 31.2 Å². The average Bonchev–Trinajstić information content (AvgIpc) is 3.07. The van der Waals surface area contributed by atoms with Crippen LogP contribution in [0.15, 0.2) is 36.4 Å². The van der Waals surface area contributed by atoms with Crippen LogP contribution in [0.2, 0.25) is 10.0 Å². The van der Waals surface area contributed by atoms with Gasteiger partial charge in [0.2, 0.25) is 0 Å². The van der Waals surface area contributed by atoms with Crippen molar-refractivity contribution in [2.75, 3.05) is 25.2 Å². The SMILES string of the molecule is CCOc1c(Cl)cc(C(=O)N(Cc2cccc(OC)c2)[C@H]2CCS(=O)(=O)C2)cc1Cl. The molecule has 0 N–H and O–H groups in total. The van der Waals surface area contributed by atoms with Gasteiger partial charge < -0.3 is 14.4 Å². The Balaban J connectivity index is 1.96. The third-order valence-corrected chi connectivity index (χ3v) is 7.24. The zero-order valence-corrected chi connectivity index (χ0v) is 19.1. The second-order valence-electron chi connectivity index (χ2n) is 7.04. The lowest BCUT2D eigenvalue weighted by Crippen LogP contribution is -2.40. The van der Waals surface area contributed by atoms with E-state index in [9.17, 15) is 13.2 Å². The van der Waals surface area contributed by atoms with Gasteiger partial charge >= 0.3 is 0 Å². The molecule has 2 aromatic rings. The molecule has 9 heteroatoms. The third kappa shape index (κ3) is 5.20. The van der Waals surface area contributed by atoms with Crippen molar-refractivity contribution >= 4 is 38.9 Å². The summed E-state index contributed by atoms with van der Waals surface area (Å²) in [5.41, 5.74) is 1.11. The fraction of sp³-hybridized carbons (Fsp3) is 0.381. The van der Waals surface area contributed by atoms with E-state index in [1.54, 1.807) is 12.0 Å². The molecule has 1 amide bonds. The van der Waals surface area contributed by atoms with Crippen molar-refractivity contribution in [2.45, 2.75) is 25.9 Å². The molecule has 0 aromatic heterocycles. The first-order chi connectivity index (χ1) is 14.2. The number of halogens is 2. The maximum atomic E-state index is 13.4. The number of hydrogen-bond acceptors (Lipinski definition) is 5. The van der Waals surface area contributed by atoms with E-state index in [2.05, 4.69) is 0 Å². The van der Waals surface area contributed by atoms with Gasteiger partial charge in [0.15, 0.2) is 15.6 Å². The van der Waals surface area contributed by atoms with Crippen LogP contribution in [0.1, 0.15) is 29.3 Å². The molecule has 0 spiro atoms. The standard InChI is InChI=1S/C21H23Cl2NO5S/c1-3-29-20-18(22)10-15(11-19(20)23)21(25)24(16-7-8-30(26,27)13-16)12-14-5-4-6-17(9-14)28-2/h4-6,9-11,16H,3,7-8,12-13H2,1-2H3/t16-/m0/s1. The highest BCUT2D eigenvalue weighted by Gasteiger charge is 2.35. The lowest BCUT2D eigenvalue weighted by Gasteiger charge is -2.29. The summed E-state index contributed by atoms with van der Waals surface area (Å²) in [6.45, 7) is 2.43. The minimum Gasteiger partial charge on any atom is -0.497 e. The predicted octanol–water partition coefficient (Wildman–Crippen LogP) is 4.23. The Morgan fingerprint density at radius 3 is 2.47 bits per heavy atom. The number of sulfone groups is 1. The van der Waals surface area contributed by atoms with E-state index in [1.165, 1.54) is 12.1 Å². The zero-order valence-electron chi connectivity index (χ0n) is 16.7. The van der Waals surface area contributed by atoms with E-state index >= 15 is 0 Å². The first-order valence-corrected chi connectivity index (χ1v) is 12.1. The molecule has 0 bridgehead atoms. The van der Waals surface area contributed by atoms with Gasteiger partial charge in [0, 0.05) is 18.2 Å². The summed E-state index contributed by atoms with van der Waals surface area (Å²) in [5, 5.41) is 0.459. The normalized spacial score (nSPS) is 17.5. The molecule has 6 nitrogen and oxygen atoms in total. The maximum absolute atomic E-state index is 13.4. The van der Waals surface area contributed by atoms with Gasteiger partial charge in [0.05, 0.1) is 35.3 Å². The zero-order chi connectivity index (χ0) is 21.9. The summed E-state index contributed by atoms with van der Waals surface area (Å²) >= 11 is 12.5. The molecule has 30 heavy (non-hydrogen) atoms. The first kappa shape index (κ1) is 22.7. The van der Waals surface area contributed by atoms with Crippen molar-refractivity contribution in [1.82, 2.24) is 4.90 Å². The summed E-state index contributed by atoms with van der Waals surface area (Å²) in [6.07, 6.45) is 0.385. The van der Waals surface area contributed by atoms with Crippen LogP contribution in [-0.4, -0.2) is 50.5 Å². The van der Waals surface area contributed by atoms with Crippen LogP contribution in [0.25, 0.3) is 0 Å². The lowest BCUT2D eigenvalue weighted by molar-refractivity contribution is 0.0680. The Morgan fingerprint density at radius 1 is 1.20 bits per heavy atom. The average molecular weight is 472 g/mol. The minimum atomic E-state index is -3.18. The Kier molecular flexibility index (Phi) is 7.16. The number of benzene rings is 2. The lowest BCUT2D eigenvalue weighted by atomic mass is 10.1. The van der Waals surface area contributed by atoms with E-state index in [0.717, 1.165) is 5.56 Å². The molecule has 0 unspecified atom stereocenters. The van der Waals surface area contributed by atoms with Crippen LogP contribution in [0.5, 0.6) is 11.5 Å². The molecule has 1 heterocycles. The Bertz CT molecular complexity index is 1020. The molecule has 3 rings (SSSR count). The highest BCUT2D eigenvalue weighted by atomic mass is 35.5. The van der Waals surface area contributed by atoms with E-state index in [-0.39, 0.29) is 39.6 Å². The Morgan fingerprint density at radius 2 is 1.90 bits per heavy atom. The minimum absolute atomic E-state index is 0.0599. The molecule has 1 saturated heterocycles. The predicted molar refractivity (Wildman–Crippen MR) is 118 cm³/mol.